The van der Waals surface area contributed by atoms with Gasteiger partial charge < -0.3 is 24.4 Å². The topological polar surface area (TPSA) is 62.2 Å². The summed E-state index contributed by atoms with van der Waals surface area (Å²) in [5.74, 6) is 0. The molecule has 52 heavy (non-hydrogen) atoms. The van der Waals surface area contributed by atoms with Crippen molar-refractivity contribution in [2.24, 2.45) is 0 Å². The van der Waals surface area contributed by atoms with Gasteiger partial charge in [-0.15, -0.1) is 0 Å². The molecule has 0 aliphatic heterocycles. The molecule has 6 heteroatoms. The number of likely N-dealkylation sites (N-methyl/N-ethyl adjacent to an activating group) is 2. The summed E-state index contributed by atoms with van der Waals surface area (Å²) in [6, 6.07) is 0. The van der Waals surface area contributed by atoms with Crippen LogP contribution in [0.1, 0.15) is 181 Å². The van der Waals surface area contributed by atoms with Gasteiger partial charge in [-0.2, -0.15) is 0 Å². The standard InChI is InChI=1S/C46H86N2O4/c1-5-7-9-11-13-15-17-19-21-23-25-27-29-31-33-35-37-45(52-46(50)51-44-42-48(4)40-39-47(3)41-43-49)38-36-34-32-30-28-26-24-22-20-18-16-14-12-10-8-6-2/h13-16,19-22,45,49H,5-12,17-18,23-44H2,1-4H3. The smallest absolute Gasteiger partial charge is 0.433 e. The van der Waals surface area contributed by atoms with E-state index in [4.69, 9.17) is 14.6 Å². The van der Waals surface area contributed by atoms with E-state index < -0.39 is 6.16 Å². The number of unbranched alkanes of at least 4 members (excludes halogenated alkanes) is 18. The maximum absolute atomic E-state index is 12.6. The third-order valence-corrected chi connectivity index (χ3v) is 9.75. The Morgan fingerprint density at radius 2 is 0.904 bits per heavy atom. The second kappa shape index (κ2) is 41.9. The van der Waals surface area contributed by atoms with Crippen LogP contribution in [0, 0.1) is 0 Å². The molecule has 0 radical (unpaired) electrons. The quantitative estimate of drug-likeness (QED) is 0.0386. The average molecular weight is 731 g/mol. The van der Waals surface area contributed by atoms with E-state index in [9.17, 15) is 4.79 Å². The SMILES string of the molecule is CCCCCC=CCC=CCCCCCCCCC(CCCCCCCCC=CCC=CCCCCC)OC(=O)OCCN(C)CCN(C)CCO. The Kier molecular flexibility index (Phi) is 40.3. The first-order chi connectivity index (χ1) is 25.5. The molecule has 0 fully saturated rings. The predicted octanol–water partition coefficient (Wildman–Crippen LogP) is 12.8. The van der Waals surface area contributed by atoms with Crippen molar-refractivity contribution in [3.8, 4) is 0 Å². The Morgan fingerprint density at radius 1 is 0.519 bits per heavy atom. The van der Waals surface area contributed by atoms with Crippen LogP contribution in [0.4, 0.5) is 4.79 Å². The second-order valence-corrected chi connectivity index (χ2v) is 14.9. The summed E-state index contributed by atoms with van der Waals surface area (Å²) in [6.07, 6.45) is 49.6. The lowest BCUT2D eigenvalue weighted by Crippen LogP contribution is -2.34. The number of carbonyl (C=O) groups is 1. The van der Waals surface area contributed by atoms with Crippen LogP contribution in [0.15, 0.2) is 48.6 Å². The third kappa shape index (κ3) is 39.3. The largest absolute Gasteiger partial charge is 0.508 e. The van der Waals surface area contributed by atoms with Gasteiger partial charge in [0, 0.05) is 26.2 Å². The van der Waals surface area contributed by atoms with Gasteiger partial charge in [0.2, 0.25) is 0 Å². The molecule has 0 spiro atoms. The molecule has 0 aromatic rings. The van der Waals surface area contributed by atoms with Crippen LogP contribution in [-0.2, 0) is 9.47 Å². The molecule has 0 aromatic carbocycles. The van der Waals surface area contributed by atoms with Crippen molar-refractivity contribution in [3.63, 3.8) is 0 Å². The molecule has 0 rings (SSSR count). The Bertz CT molecular complexity index is 807. The lowest BCUT2D eigenvalue weighted by Gasteiger charge is -2.21. The molecule has 0 bridgehead atoms. The van der Waals surface area contributed by atoms with Crippen LogP contribution >= 0.6 is 0 Å². The van der Waals surface area contributed by atoms with Gasteiger partial charge in [0.25, 0.3) is 0 Å². The number of hydrogen-bond donors (Lipinski definition) is 1. The molecule has 0 heterocycles. The van der Waals surface area contributed by atoms with Crippen molar-refractivity contribution in [2.75, 3.05) is 53.5 Å². The summed E-state index contributed by atoms with van der Waals surface area (Å²) in [6.45, 7) is 8.08. The Morgan fingerprint density at radius 3 is 1.33 bits per heavy atom. The minimum Gasteiger partial charge on any atom is -0.433 e. The summed E-state index contributed by atoms with van der Waals surface area (Å²) in [5.41, 5.74) is 0. The molecule has 0 aliphatic rings. The van der Waals surface area contributed by atoms with Crippen molar-refractivity contribution < 1.29 is 19.4 Å². The number of aliphatic hydroxyl groups is 1. The molecular formula is C46H86N2O4. The van der Waals surface area contributed by atoms with Crippen molar-refractivity contribution in [1.82, 2.24) is 9.80 Å². The summed E-state index contributed by atoms with van der Waals surface area (Å²) in [7, 11) is 4.03. The van der Waals surface area contributed by atoms with E-state index in [0.717, 1.165) is 51.6 Å². The summed E-state index contributed by atoms with van der Waals surface area (Å²) >= 11 is 0. The van der Waals surface area contributed by atoms with Crippen molar-refractivity contribution in [2.45, 2.75) is 187 Å². The number of ether oxygens (including phenoxy) is 2. The molecule has 6 nitrogen and oxygen atoms in total. The lowest BCUT2D eigenvalue weighted by molar-refractivity contribution is 0.0128. The highest BCUT2D eigenvalue weighted by Crippen LogP contribution is 2.18. The monoisotopic (exact) mass is 731 g/mol. The van der Waals surface area contributed by atoms with E-state index in [1.807, 2.05) is 14.1 Å². The minimum atomic E-state index is -0.518. The summed E-state index contributed by atoms with van der Waals surface area (Å²) in [4.78, 5) is 16.9. The van der Waals surface area contributed by atoms with Gasteiger partial charge >= 0.3 is 6.16 Å². The zero-order valence-electron chi connectivity index (χ0n) is 34.9. The number of carbonyl (C=O) groups excluding carboxylic acids is 1. The Balaban J connectivity index is 4.28. The fraction of sp³-hybridized carbons (Fsp3) is 0.804. The molecule has 0 unspecified atom stereocenters. The van der Waals surface area contributed by atoms with E-state index in [0.29, 0.717) is 19.7 Å². The molecule has 0 aromatic heterocycles. The van der Waals surface area contributed by atoms with E-state index in [2.05, 4.69) is 72.3 Å². The summed E-state index contributed by atoms with van der Waals surface area (Å²) in [5, 5.41) is 9.08. The zero-order chi connectivity index (χ0) is 38.0. The predicted molar refractivity (Wildman–Crippen MR) is 226 cm³/mol. The van der Waals surface area contributed by atoms with Crippen LogP contribution in [-0.4, -0.2) is 80.7 Å². The van der Waals surface area contributed by atoms with Crippen LogP contribution in [0.25, 0.3) is 0 Å². The molecule has 0 saturated carbocycles. The molecule has 0 amide bonds. The highest BCUT2D eigenvalue weighted by molar-refractivity contribution is 5.60. The minimum absolute atomic E-state index is 0.0472. The van der Waals surface area contributed by atoms with E-state index in [1.165, 1.54) is 128 Å². The highest BCUT2D eigenvalue weighted by atomic mass is 16.7. The van der Waals surface area contributed by atoms with Crippen LogP contribution in [0.3, 0.4) is 0 Å². The van der Waals surface area contributed by atoms with E-state index in [1.54, 1.807) is 0 Å². The molecule has 0 aliphatic carbocycles. The fourth-order valence-corrected chi connectivity index (χ4v) is 6.17. The number of allylic oxidation sites excluding steroid dienone is 8. The Hall–Kier alpha value is -1.89. The molecule has 304 valence electrons. The first kappa shape index (κ1) is 50.1. The van der Waals surface area contributed by atoms with Crippen LogP contribution < -0.4 is 0 Å². The van der Waals surface area contributed by atoms with Gasteiger partial charge in [0.15, 0.2) is 0 Å². The first-order valence-electron chi connectivity index (χ1n) is 21.9. The van der Waals surface area contributed by atoms with Gasteiger partial charge in [0.1, 0.15) is 12.7 Å². The molecule has 1 N–H and O–H groups in total. The van der Waals surface area contributed by atoms with Gasteiger partial charge in [0.05, 0.1) is 6.61 Å². The van der Waals surface area contributed by atoms with Gasteiger partial charge in [-0.1, -0.05) is 140 Å². The van der Waals surface area contributed by atoms with Crippen molar-refractivity contribution in [3.05, 3.63) is 48.6 Å². The lowest BCUT2D eigenvalue weighted by atomic mass is 10.0. The second-order valence-electron chi connectivity index (χ2n) is 14.9. The zero-order valence-corrected chi connectivity index (χ0v) is 34.9. The average Bonchev–Trinajstić information content (AvgIpc) is 3.13. The number of hydrogen-bond acceptors (Lipinski definition) is 6. The molecule has 0 saturated heterocycles. The van der Waals surface area contributed by atoms with Gasteiger partial charge in [-0.3, -0.25) is 0 Å². The third-order valence-electron chi connectivity index (χ3n) is 9.75. The van der Waals surface area contributed by atoms with E-state index in [-0.39, 0.29) is 12.7 Å². The van der Waals surface area contributed by atoms with E-state index >= 15 is 0 Å². The normalized spacial score (nSPS) is 12.9. The highest BCUT2D eigenvalue weighted by Gasteiger charge is 2.16. The number of aliphatic hydroxyl groups excluding tert-OH is 1. The van der Waals surface area contributed by atoms with Crippen molar-refractivity contribution >= 4 is 6.16 Å². The van der Waals surface area contributed by atoms with Gasteiger partial charge in [-0.05, 0) is 104 Å². The number of nitrogens with zero attached hydrogens (tertiary/aromatic N) is 2. The molecule has 0 atom stereocenters. The Labute approximate surface area is 323 Å². The van der Waals surface area contributed by atoms with Gasteiger partial charge in [-0.25, -0.2) is 4.79 Å². The van der Waals surface area contributed by atoms with Crippen molar-refractivity contribution in [1.29, 1.82) is 0 Å². The maximum Gasteiger partial charge on any atom is 0.508 e. The fourth-order valence-electron chi connectivity index (χ4n) is 6.17. The maximum atomic E-state index is 12.6. The molecular weight excluding hydrogens is 645 g/mol. The first-order valence-corrected chi connectivity index (χ1v) is 21.9. The summed E-state index contributed by atoms with van der Waals surface area (Å²) < 4.78 is 11.4. The number of rotatable bonds is 39. The van der Waals surface area contributed by atoms with Crippen LogP contribution in [0.5, 0.6) is 0 Å². The van der Waals surface area contributed by atoms with Crippen LogP contribution in [0.2, 0.25) is 0 Å².